The first-order valence-corrected chi connectivity index (χ1v) is 6.65. The highest BCUT2D eigenvalue weighted by Crippen LogP contribution is 2.14. The van der Waals surface area contributed by atoms with Crippen LogP contribution in [-0.4, -0.2) is 61.7 Å². The molecule has 1 aliphatic heterocycles. The van der Waals surface area contributed by atoms with Crippen LogP contribution in [0.1, 0.15) is 6.92 Å². The lowest BCUT2D eigenvalue weighted by Gasteiger charge is -2.34. The Bertz CT molecular complexity index is 633. The summed E-state index contributed by atoms with van der Waals surface area (Å²) in [4.78, 5) is 27.8. The van der Waals surface area contributed by atoms with E-state index in [-0.39, 0.29) is 11.9 Å². The summed E-state index contributed by atoms with van der Waals surface area (Å²) in [6.45, 7) is 4.21. The summed E-state index contributed by atoms with van der Waals surface area (Å²) in [7, 11) is 0. The van der Waals surface area contributed by atoms with Crippen molar-refractivity contribution in [3.8, 4) is 5.95 Å². The van der Waals surface area contributed by atoms with E-state index in [4.69, 9.17) is 5.73 Å². The van der Waals surface area contributed by atoms with Crippen LogP contribution in [0.4, 0.5) is 11.9 Å². The molecule has 110 valence electrons. The Balaban J connectivity index is 1.82. The van der Waals surface area contributed by atoms with Crippen LogP contribution in [0.3, 0.4) is 0 Å². The van der Waals surface area contributed by atoms with Gasteiger partial charge in [0.05, 0.1) is 0 Å². The fourth-order valence-electron chi connectivity index (χ4n) is 2.22. The summed E-state index contributed by atoms with van der Waals surface area (Å²) in [5, 5.41) is 4.09. The standard InChI is InChI=1S/C12H16N8O/c1-9(21)18-5-7-19(8-6-18)11-15-10(13)16-12(17-11)20-4-2-3-14-20/h2-4H,5-8H2,1H3,(H2,13,15,16,17). The molecule has 0 saturated carbocycles. The molecule has 2 aromatic heterocycles. The number of hydrogen-bond acceptors (Lipinski definition) is 7. The number of piperazine rings is 1. The Morgan fingerprint density at radius 3 is 2.48 bits per heavy atom. The first-order valence-electron chi connectivity index (χ1n) is 6.65. The Hall–Kier alpha value is -2.71. The molecular formula is C12H16N8O. The molecule has 0 unspecified atom stereocenters. The number of carbonyl (C=O) groups excluding carboxylic acids is 1. The van der Waals surface area contributed by atoms with Crippen molar-refractivity contribution < 1.29 is 4.79 Å². The molecule has 0 radical (unpaired) electrons. The molecular weight excluding hydrogens is 272 g/mol. The van der Waals surface area contributed by atoms with E-state index >= 15 is 0 Å². The molecule has 2 aromatic rings. The van der Waals surface area contributed by atoms with E-state index < -0.39 is 0 Å². The smallest absolute Gasteiger partial charge is 0.257 e. The number of anilines is 2. The lowest BCUT2D eigenvalue weighted by Crippen LogP contribution is -2.48. The Morgan fingerprint density at radius 1 is 1.14 bits per heavy atom. The molecule has 9 heteroatoms. The fraction of sp³-hybridized carbons (Fsp3) is 0.417. The van der Waals surface area contributed by atoms with E-state index in [0.29, 0.717) is 38.1 Å². The molecule has 0 atom stereocenters. The molecule has 0 aromatic carbocycles. The molecule has 0 bridgehead atoms. The van der Waals surface area contributed by atoms with Gasteiger partial charge in [-0.25, -0.2) is 4.68 Å². The highest BCUT2D eigenvalue weighted by Gasteiger charge is 2.21. The van der Waals surface area contributed by atoms with Gasteiger partial charge in [-0.2, -0.15) is 20.1 Å². The number of hydrogen-bond donors (Lipinski definition) is 1. The minimum atomic E-state index is 0.0852. The molecule has 1 saturated heterocycles. The molecule has 1 amide bonds. The first-order chi connectivity index (χ1) is 10.1. The average Bonchev–Trinajstić information content (AvgIpc) is 3.01. The van der Waals surface area contributed by atoms with Crippen LogP contribution in [0.15, 0.2) is 18.5 Å². The second kappa shape index (κ2) is 5.35. The topological polar surface area (TPSA) is 106 Å². The highest BCUT2D eigenvalue weighted by molar-refractivity contribution is 5.73. The number of amides is 1. The maximum atomic E-state index is 11.3. The monoisotopic (exact) mass is 288 g/mol. The minimum Gasteiger partial charge on any atom is -0.368 e. The maximum absolute atomic E-state index is 11.3. The van der Waals surface area contributed by atoms with Gasteiger partial charge < -0.3 is 15.5 Å². The molecule has 3 heterocycles. The van der Waals surface area contributed by atoms with Crippen LogP contribution in [0.5, 0.6) is 0 Å². The second-order valence-corrected chi connectivity index (χ2v) is 4.74. The number of aromatic nitrogens is 5. The summed E-state index contributed by atoms with van der Waals surface area (Å²) in [6.07, 6.45) is 3.39. The zero-order valence-corrected chi connectivity index (χ0v) is 11.7. The van der Waals surface area contributed by atoms with Crippen molar-refractivity contribution in [2.24, 2.45) is 0 Å². The van der Waals surface area contributed by atoms with Crippen molar-refractivity contribution >= 4 is 17.8 Å². The van der Waals surface area contributed by atoms with Gasteiger partial charge >= 0.3 is 0 Å². The van der Waals surface area contributed by atoms with Crippen LogP contribution in [-0.2, 0) is 4.79 Å². The Kier molecular flexibility index (Phi) is 3.38. The van der Waals surface area contributed by atoms with Gasteiger partial charge in [0.25, 0.3) is 5.95 Å². The summed E-state index contributed by atoms with van der Waals surface area (Å²) in [6, 6.07) is 1.78. The van der Waals surface area contributed by atoms with E-state index in [1.54, 1.807) is 30.3 Å². The average molecular weight is 288 g/mol. The van der Waals surface area contributed by atoms with Gasteiger partial charge in [0.15, 0.2) is 0 Å². The third-order valence-corrected chi connectivity index (χ3v) is 3.35. The summed E-state index contributed by atoms with van der Waals surface area (Å²) >= 11 is 0. The van der Waals surface area contributed by atoms with Crippen molar-refractivity contribution in [1.29, 1.82) is 0 Å². The molecule has 0 aliphatic carbocycles. The molecule has 1 fully saturated rings. The number of rotatable bonds is 2. The van der Waals surface area contributed by atoms with Gasteiger partial charge in [0.1, 0.15) is 0 Å². The molecule has 21 heavy (non-hydrogen) atoms. The largest absolute Gasteiger partial charge is 0.368 e. The van der Waals surface area contributed by atoms with Gasteiger partial charge in [0.2, 0.25) is 17.8 Å². The van der Waals surface area contributed by atoms with E-state index in [9.17, 15) is 4.79 Å². The van der Waals surface area contributed by atoms with E-state index in [1.807, 2.05) is 4.90 Å². The van der Waals surface area contributed by atoms with Crippen LogP contribution >= 0.6 is 0 Å². The highest BCUT2D eigenvalue weighted by atomic mass is 16.2. The minimum absolute atomic E-state index is 0.0852. The normalized spacial score (nSPS) is 15.3. The third-order valence-electron chi connectivity index (χ3n) is 3.35. The van der Waals surface area contributed by atoms with Crippen LogP contribution < -0.4 is 10.6 Å². The lowest BCUT2D eigenvalue weighted by atomic mass is 10.3. The zero-order chi connectivity index (χ0) is 14.8. The zero-order valence-electron chi connectivity index (χ0n) is 11.7. The van der Waals surface area contributed by atoms with Crippen LogP contribution in [0, 0.1) is 0 Å². The van der Waals surface area contributed by atoms with Gasteiger partial charge in [-0.05, 0) is 6.07 Å². The number of nitrogens with zero attached hydrogens (tertiary/aromatic N) is 7. The quantitative estimate of drug-likeness (QED) is 0.779. The Labute approximate surface area is 121 Å². The fourth-order valence-corrected chi connectivity index (χ4v) is 2.22. The lowest BCUT2D eigenvalue weighted by molar-refractivity contribution is -0.129. The Morgan fingerprint density at radius 2 is 1.86 bits per heavy atom. The summed E-state index contributed by atoms with van der Waals surface area (Å²) < 4.78 is 1.54. The molecule has 3 rings (SSSR count). The van der Waals surface area contributed by atoms with Crippen LogP contribution in [0.2, 0.25) is 0 Å². The molecule has 0 spiro atoms. The van der Waals surface area contributed by atoms with Gasteiger partial charge in [-0.15, -0.1) is 0 Å². The van der Waals surface area contributed by atoms with Gasteiger partial charge in [-0.3, -0.25) is 4.79 Å². The third kappa shape index (κ3) is 2.76. The van der Waals surface area contributed by atoms with Crippen molar-refractivity contribution in [2.75, 3.05) is 36.8 Å². The van der Waals surface area contributed by atoms with E-state index in [1.165, 1.54) is 4.68 Å². The van der Waals surface area contributed by atoms with E-state index in [0.717, 1.165) is 0 Å². The van der Waals surface area contributed by atoms with Crippen LogP contribution in [0.25, 0.3) is 5.95 Å². The summed E-state index contributed by atoms with van der Waals surface area (Å²) in [5.41, 5.74) is 5.75. The predicted molar refractivity (Wildman–Crippen MR) is 75.8 cm³/mol. The summed E-state index contributed by atoms with van der Waals surface area (Å²) in [5.74, 6) is 1.13. The number of carbonyl (C=O) groups is 1. The van der Waals surface area contributed by atoms with Crippen molar-refractivity contribution in [1.82, 2.24) is 29.6 Å². The number of nitrogens with two attached hydrogens (primary N) is 1. The first kappa shape index (κ1) is 13.3. The van der Waals surface area contributed by atoms with Crippen molar-refractivity contribution in [2.45, 2.75) is 6.92 Å². The molecule has 1 aliphatic rings. The SMILES string of the molecule is CC(=O)N1CCN(c2nc(N)nc(-n3cccn3)n2)CC1. The molecule has 9 nitrogen and oxygen atoms in total. The van der Waals surface area contributed by atoms with E-state index in [2.05, 4.69) is 20.1 Å². The number of nitrogen functional groups attached to an aromatic ring is 1. The van der Waals surface area contributed by atoms with Crippen molar-refractivity contribution in [3.05, 3.63) is 18.5 Å². The van der Waals surface area contributed by atoms with Crippen molar-refractivity contribution in [3.63, 3.8) is 0 Å². The maximum Gasteiger partial charge on any atom is 0.257 e. The molecule has 2 N–H and O–H groups in total. The predicted octanol–water partition coefficient (Wildman–Crippen LogP) is -0.692. The van der Waals surface area contributed by atoms with Gasteiger partial charge in [-0.1, -0.05) is 0 Å². The second-order valence-electron chi connectivity index (χ2n) is 4.74. The van der Waals surface area contributed by atoms with Gasteiger partial charge in [0, 0.05) is 45.5 Å².